The second-order valence-electron chi connectivity index (χ2n) is 5.84. The van der Waals surface area contributed by atoms with Crippen LogP contribution in [0.1, 0.15) is 25.7 Å². The summed E-state index contributed by atoms with van der Waals surface area (Å²) in [4.78, 5) is 0. The van der Waals surface area contributed by atoms with Crippen molar-refractivity contribution < 1.29 is 9.84 Å². The molecule has 3 aliphatic carbocycles. The molecule has 7 atom stereocenters. The van der Waals surface area contributed by atoms with Crippen LogP contribution < -0.4 is 0 Å². The molecule has 7 unspecified atom stereocenters. The van der Waals surface area contributed by atoms with Gasteiger partial charge >= 0.3 is 0 Å². The van der Waals surface area contributed by atoms with E-state index in [1.807, 2.05) is 0 Å². The van der Waals surface area contributed by atoms with Gasteiger partial charge in [0, 0.05) is 5.92 Å². The molecule has 0 spiro atoms. The molecule has 0 radical (unpaired) electrons. The van der Waals surface area contributed by atoms with E-state index in [9.17, 15) is 5.11 Å². The molecule has 4 aliphatic rings. The second-order valence-corrected chi connectivity index (χ2v) is 5.84. The largest absolute Gasteiger partial charge is 0.392 e. The molecule has 0 aromatic carbocycles. The van der Waals surface area contributed by atoms with Crippen molar-refractivity contribution in [3.63, 3.8) is 0 Å². The molecule has 4 rings (SSSR count). The number of epoxide rings is 1. The molecule has 0 aromatic rings. The number of hydrogen-bond donors (Lipinski definition) is 1. The highest BCUT2D eigenvalue weighted by Gasteiger charge is 2.59. The van der Waals surface area contributed by atoms with Crippen molar-refractivity contribution in [1.82, 2.24) is 0 Å². The fourth-order valence-corrected chi connectivity index (χ4v) is 4.75. The van der Waals surface area contributed by atoms with E-state index in [0.29, 0.717) is 17.9 Å². The van der Waals surface area contributed by atoms with Crippen molar-refractivity contribution in [1.29, 1.82) is 0 Å². The summed E-state index contributed by atoms with van der Waals surface area (Å²) in [7, 11) is 0. The quantitative estimate of drug-likeness (QED) is 0.640. The minimum absolute atomic E-state index is 0.0252. The summed E-state index contributed by atoms with van der Waals surface area (Å²) in [6.07, 6.45) is 5.91. The van der Waals surface area contributed by atoms with Gasteiger partial charge in [0.2, 0.25) is 0 Å². The summed E-state index contributed by atoms with van der Waals surface area (Å²) >= 11 is 0. The van der Waals surface area contributed by atoms with Crippen LogP contribution in [0.15, 0.2) is 0 Å². The third kappa shape index (κ3) is 0.892. The third-order valence-electron chi connectivity index (χ3n) is 5.37. The summed E-state index contributed by atoms with van der Waals surface area (Å²) in [5, 5.41) is 10.3. The van der Waals surface area contributed by atoms with Crippen molar-refractivity contribution in [2.24, 2.45) is 29.6 Å². The number of rotatable bonds is 1. The molecule has 78 valence electrons. The summed E-state index contributed by atoms with van der Waals surface area (Å²) in [5.74, 6) is 3.83. The molecule has 2 nitrogen and oxygen atoms in total. The van der Waals surface area contributed by atoms with Crippen LogP contribution in [0.5, 0.6) is 0 Å². The molecule has 0 amide bonds. The lowest BCUT2D eigenvalue weighted by molar-refractivity contribution is 0.0505. The van der Waals surface area contributed by atoms with E-state index in [-0.39, 0.29) is 6.10 Å². The number of aliphatic hydroxyl groups is 1. The topological polar surface area (TPSA) is 32.8 Å². The molecule has 1 saturated heterocycles. The monoisotopic (exact) mass is 194 g/mol. The molecule has 14 heavy (non-hydrogen) atoms. The van der Waals surface area contributed by atoms with Crippen LogP contribution >= 0.6 is 0 Å². The zero-order valence-corrected chi connectivity index (χ0v) is 8.43. The first-order valence-electron chi connectivity index (χ1n) is 6.14. The predicted octanol–water partition coefficient (Wildman–Crippen LogP) is 1.43. The lowest BCUT2D eigenvalue weighted by atomic mass is 9.81. The van der Waals surface area contributed by atoms with E-state index in [2.05, 4.69) is 0 Å². The van der Waals surface area contributed by atoms with Gasteiger partial charge in [0.25, 0.3) is 0 Å². The minimum atomic E-state index is -0.0252. The van der Waals surface area contributed by atoms with Crippen LogP contribution in [0.25, 0.3) is 0 Å². The van der Waals surface area contributed by atoms with E-state index >= 15 is 0 Å². The summed E-state index contributed by atoms with van der Waals surface area (Å²) in [6, 6.07) is 0. The van der Waals surface area contributed by atoms with E-state index in [1.54, 1.807) is 0 Å². The first kappa shape index (κ1) is 8.12. The normalized spacial score (nSPS) is 64.5. The maximum atomic E-state index is 10.3. The Hall–Kier alpha value is -0.0800. The average Bonchev–Trinajstić information content (AvgIpc) is 2.70. The fourth-order valence-electron chi connectivity index (χ4n) is 4.75. The molecule has 1 heterocycles. The van der Waals surface area contributed by atoms with Crippen LogP contribution in [-0.2, 0) is 4.74 Å². The molecule has 2 heteroatoms. The van der Waals surface area contributed by atoms with Crippen LogP contribution in [0.2, 0.25) is 0 Å². The van der Waals surface area contributed by atoms with Gasteiger partial charge in [-0.25, -0.2) is 0 Å². The van der Waals surface area contributed by atoms with Crippen molar-refractivity contribution in [2.45, 2.75) is 37.9 Å². The average molecular weight is 194 g/mol. The number of ether oxygens (including phenoxy) is 1. The zero-order valence-electron chi connectivity index (χ0n) is 8.43. The molecule has 2 bridgehead atoms. The fraction of sp³-hybridized carbons (Fsp3) is 1.00. The van der Waals surface area contributed by atoms with Gasteiger partial charge in [-0.15, -0.1) is 0 Å². The van der Waals surface area contributed by atoms with E-state index < -0.39 is 0 Å². The first-order chi connectivity index (χ1) is 6.84. The molecule has 4 fully saturated rings. The maximum absolute atomic E-state index is 10.3. The standard InChI is InChI=1S/C12H18O2/c13-12-9(10-5-14-10)4-8-6-1-2-7(3-6)11(8)12/h6-13H,1-5H2. The van der Waals surface area contributed by atoms with Crippen LogP contribution in [0.4, 0.5) is 0 Å². The van der Waals surface area contributed by atoms with Gasteiger partial charge in [-0.2, -0.15) is 0 Å². The number of fused-ring (bicyclic) bond motifs is 5. The van der Waals surface area contributed by atoms with Gasteiger partial charge in [0.05, 0.1) is 18.8 Å². The van der Waals surface area contributed by atoms with Crippen LogP contribution in [-0.4, -0.2) is 23.9 Å². The SMILES string of the molecule is OC1C(C2CO2)CC2C3CCC(C3)C12. The van der Waals surface area contributed by atoms with Crippen molar-refractivity contribution in [3.8, 4) is 0 Å². The van der Waals surface area contributed by atoms with Crippen molar-refractivity contribution >= 4 is 0 Å². The van der Waals surface area contributed by atoms with Crippen molar-refractivity contribution in [2.75, 3.05) is 6.61 Å². The Morgan fingerprint density at radius 2 is 1.79 bits per heavy atom. The summed E-state index contributed by atoms with van der Waals surface area (Å²) in [6.45, 7) is 0.913. The van der Waals surface area contributed by atoms with Crippen molar-refractivity contribution in [3.05, 3.63) is 0 Å². The molecule has 0 aromatic heterocycles. The first-order valence-corrected chi connectivity index (χ1v) is 6.14. The van der Waals surface area contributed by atoms with Gasteiger partial charge in [-0.3, -0.25) is 0 Å². The Morgan fingerprint density at radius 1 is 1.00 bits per heavy atom. The van der Waals surface area contributed by atoms with Gasteiger partial charge < -0.3 is 9.84 Å². The smallest absolute Gasteiger partial charge is 0.0862 e. The van der Waals surface area contributed by atoms with Crippen LogP contribution in [0, 0.1) is 29.6 Å². The second kappa shape index (κ2) is 2.53. The van der Waals surface area contributed by atoms with Gasteiger partial charge in [0.1, 0.15) is 0 Å². The van der Waals surface area contributed by atoms with Gasteiger partial charge in [0.15, 0.2) is 0 Å². The highest BCUT2D eigenvalue weighted by molar-refractivity contribution is 5.07. The molecule has 3 saturated carbocycles. The summed E-state index contributed by atoms with van der Waals surface area (Å²) < 4.78 is 5.36. The van der Waals surface area contributed by atoms with E-state index in [4.69, 9.17) is 4.74 Å². The Balaban J connectivity index is 1.62. The highest BCUT2D eigenvalue weighted by atomic mass is 16.6. The van der Waals surface area contributed by atoms with Gasteiger partial charge in [-0.1, -0.05) is 0 Å². The Labute approximate surface area is 84.6 Å². The lowest BCUT2D eigenvalue weighted by Crippen LogP contribution is -2.29. The molecule has 1 aliphatic heterocycles. The Morgan fingerprint density at radius 3 is 2.50 bits per heavy atom. The predicted molar refractivity (Wildman–Crippen MR) is 51.7 cm³/mol. The van der Waals surface area contributed by atoms with Crippen LogP contribution in [0.3, 0.4) is 0 Å². The Kier molecular flexibility index (Phi) is 1.47. The number of hydrogen-bond acceptors (Lipinski definition) is 2. The number of aliphatic hydroxyl groups excluding tert-OH is 1. The van der Waals surface area contributed by atoms with E-state index in [0.717, 1.165) is 24.4 Å². The summed E-state index contributed by atoms with van der Waals surface area (Å²) in [5.41, 5.74) is 0. The molecule has 1 N–H and O–H groups in total. The molecular weight excluding hydrogens is 176 g/mol. The lowest BCUT2D eigenvalue weighted by Gasteiger charge is -2.26. The maximum Gasteiger partial charge on any atom is 0.0862 e. The Bertz CT molecular complexity index is 261. The zero-order chi connectivity index (χ0) is 9.28. The van der Waals surface area contributed by atoms with Gasteiger partial charge in [-0.05, 0) is 49.4 Å². The molecular formula is C12H18O2. The third-order valence-corrected chi connectivity index (χ3v) is 5.37. The van der Waals surface area contributed by atoms with E-state index in [1.165, 1.54) is 25.7 Å². The highest BCUT2D eigenvalue weighted by Crippen LogP contribution is 2.61. The minimum Gasteiger partial charge on any atom is -0.392 e.